The summed E-state index contributed by atoms with van der Waals surface area (Å²) in [5.74, 6) is 0.869. The van der Waals surface area contributed by atoms with Gasteiger partial charge in [0.25, 0.3) is 0 Å². The molecule has 0 radical (unpaired) electrons. The molecule has 0 unspecified atom stereocenters. The van der Waals surface area contributed by atoms with E-state index in [1.807, 2.05) is 37.3 Å². The molecule has 6 nitrogen and oxygen atoms in total. The van der Waals surface area contributed by atoms with Gasteiger partial charge in [-0.15, -0.1) is 0 Å². The van der Waals surface area contributed by atoms with E-state index in [2.05, 4.69) is 6.58 Å². The second-order valence-corrected chi connectivity index (χ2v) is 8.03. The molecule has 0 bridgehead atoms. The van der Waals surface area contributed by atoms with E-state index in [1.54, 1.807) is 6.08 Å². The molecule has 0 aromatic heterocycles. The lowest BCUT2D eigenvalue weighted by Crippen LogP contribution is -2.55. The number of aliphatic hydroxyl groups is 4. The van der Waals surface area contributed by atoms with Crippen molar-refractivity contribution >= 4 is 6.08 Å². The largest absolute Gasteiger partial charge is 0.493 e. The van der Waals surface area contributed by atoms with Crippen molar-refractivity contribution in [1.29, 1.82) is 0 Å². The van der Waals surface area contributed by atoms with Crippen LogP contribution in [-0.4, -0.2) is 58.1 Å². The van der Waals surface area contributed by atoms with Crippen LogP contribution in [0.5, 0.6) is 5.75 Å². The number of rotatable bonds is 5. The fourth-order valence-corrected chi connectivity index (χ4v) is 4.41. The quantitative estimate of drug-likeness (QED) is 0.596. The molecule has 5 atom stereocenters. The van der Waals surface area contributed by atoms with Crippen LogP contribution in [0.15, 0.2) is 36.9 Å². The van der Waals surface area contributed by atoms with E-state index in [9.17, 15) is 20.4 Å². The number of hydrogen-bond donors (Lipinski definition) is 4. The molecule has 1 fully saturated rings. The van der Waals surface area contributed by atoms with E-state index in [-0.39, 0.29) is 0 Å². The number of hydrogen-bond acceptors (Lipinski definition) is 6. The van der Waals surface area contributed by atoms with E-state index >= 15 is 0 Å². The summed E-state index contributed by atoms with van der Waals surface area (Å²) in [5.41, 5.74) is 5.90. The number of benzene rings is 2. The van der Waals surface area contributed by atoms with E-state index in [1.165, 1.54) is 0 Å². The van der Waals surface area contributed by atoms with Crippen molar-refractivity contribution in [1.82, 2.24) is 0 Å². The standard InChI is InChI=1S/C24H28O6/c1-3-14-4-6-15(7-5-14)10-16-11-18(13(2)17-8-9-29-23(16)17)24-22(28)21(27)20(26)19(12-25)30-24/h3-7,11,19-22,24-28H,1,8-10,12H2,2H3/t19-,20-,21+,22-,24+/m1/s1. The molecule has 160 valence electrons. The minimum atomic E-state index is -1.40. The highest BCUT2D eigenvalue weighted by Gasteiger charge is 2.45. The summed E-state index contributed by atoms with van der Waals surface area (Å²) in [5, 5.41) is 40.5. The first kappa shape index (κ1) is 21.0. The summed E-state index contributed by atoms with van der Waals surface area (Å²) < 4.78 is 11.8. The molecule has 0 saturated carbocycles. The first-order valence-electron chi connectivity index (χ1n) is 10.2. The molecular weight excluding hydrogens is 384 g/mol. The Bertz CT molecular complexity index is 920. The Labute approximate surface area is 176 Å². The Kier molecular flexibility index (Phi) is 5.95. The molecule has 2 aromatic carbocycles. The Morgan fingerprint density at radius 3 is 2.50 bits per heavy atom. The van der Waals surface area contributed by atoms with Crippen molar-refractivity contribution in [3.05, 3.63) is 70.3 Å². The van der Waals surface area contributed by atoms with Gasteiger partial charge in [0, 0.05) is 18.4 Å². The SMILES string of the molecule is C=Cc1ccc(Cc2cc([C@@H]3O[C@H](CO)[C@@H](O)[C@H](O)[C@H]3O)c(C)c3c2OCC3)cc1. The van der Waals surface area contributed by atoms with Gasteiger partial charge in [-0.3, -0.25) is 0 Å². The summed E-state index contributed by atoms with van der Waals surface area (Å²) in [6.07, 6.45) is -2.67. The maximum Gasteiger partial charge on any atom is 0.126 e. The van der Waals surface area contributed by atoms with Crippen LogP contribution in [0.4, 0.5) is 0 Å². The molecule has 2 aliphatic rings. The lowest BCUT2D eigenvalue weighted by molar-refractivity contribution is -0.231. The zero-order valence-electron chi connectivity index (χ0n) is 17.0. The lowest BCUT2D eigenvalue weighted by atomic mass is 9.85. The molecule has 2 heterocycles. The third kappa shape index (κ3) is 3.66. The summed E-state index contributed by atoms with van der Waals surface area (Å²) >= 11 is 0. The fraction of sp³-hybridized carbons (Fsp3) is 0.417. The Morgan fingerprint density at radius 2 is 1.83 bits per heavy atom. The van der Waals surface area contributed by atoms with Crippen LogP contribution in [-0.2, 0) is 17.6 Å². The summed E-state index contributed by atoms with van der Waals surface area (Å²) in [4.78, 5) is 0. The summed E-state index contributed by atoms with van der Waals surface area (Å²) in [6.45, 7) is 5.88. The molecule has 2 aromatic rings. The van der Waals surface area contributed by atoms with Gasteiger partial charge in [-0.05, 0) is 40.8 Å². The highest BCUT2D eigenvalue weighted by Crippen LogP contribution is 2.41. The Morgan fingerprint density at radius 1 is 1.10 bits per heavy atom. The molecule has 4 rings (SSSR count). The third-order valence-corrected chi connectivity index (χ3v) is 6.19. The van der Waals surface area contributed by atoms with Gasteiger partial charge in [0.1, 0.15) is 36.3 Å². The Hall–Kier alpha value is -2.22. The van der Waals surface area contributed by atoms with Crippen LogP contribution in [0.1, 0.15) is 39.5 Å². The predicted octanol–water partition coefficient (Wildman–Crippen LogP) is 1.68. The topological polar surface area (TPSA) is 99.4 Å². The monoisotopic (exact) mass is 412 g/mol. The molecule has 0 amide bonds. The first-order chi connectivity index (χ1) is 14.4. The highest BCUT2D eigenvalue weighted by atomic mass is 16.5. The number of aliphatic hydroxyl groups excluding tert-OH is 4. The van der Waals surface area contributed by atoms with Crippen molar-refractivity contribution < 1.29 is 29.9 Å². The van der Waals surface area contributed by atoms with Crippen LogP contribution < -0.4 is 4.74 Å². The number of ether oxygens (including phenoxy) is 2. The van der Waals surface area contributed by atoms with Gasteiger partial charge < -0.3 is 29.9 Å². The van der Waals surface area contributed by atoms with Crippen LogP contribution in [0, 0.1) is 6.92 Å². The molecule has 1 saturated heterocycles. The lowest BCUT2D eigenvalue weighted by Gasteiger charge is -2.41. The van der Waals surface area contributed by atoms with E-state index in [0.29, 0.717) is 13.0 Å². The van der Waals surface area contributed by atoms with Gasteiger partial charge >= 0.3 is 0 Å². The molecule has 6 heteroatoms. The maximum absolute atomic E-state index is 10.6. The predicted molar refractivity (Wildman–Crippen MR) is 112 cm³/mol. The molecule has 0 aliphatic carbocycles. The second kappa shape index (κ2) is 8.49. The van der Waals surface area contributed by atoms with Crippen LogP contribution >= 0.6 is 0 Å². The summed E-state index contributed by atoms with van der Waals surface area (Å²) in [7, 11) is 0. The smallest absolute Gasteiger partial charge is 0.126 e. The molecular formula is C24H28O6. The zero-order chi connectivity index (χ0) is 21.4. The van der Waals surface area contributed by atoms with Crippen LogP contribution in [0.2, 0.25) is 0 Å². The highest BCUT2D eigenvalue weighted by molar-refractivity contribution is 5.55. The first-order valence-corrected chi connectivity index (χ1v) is 10.2. The van der Waals surface area contributed by atoms with E-state index < -0.39 is 37.1 Å². The fourth-order valence-electron chi connectivity index (χ4n) is 4.41. The molecule has 30 heavy (non-hydrogen) atoms. The average molecular weight is 412 g/mol. The molecule has 4 N–H and O–H groups in total. The minimum absolute atomic E-state index is 0.447. The average Bonchev–Trinajstić information content (AvgIpc) is 3.26. The van der Waals surface area contributed by atoms with Crippen molar-refractivity contribution in [2.45, 2.75) is 50.3 Å². The maximum atomic E-state index is 10.6. The van der Waals surface area contributed by atoms with Gasteiger partial charge in [-0.2, -0.15) is 0 Å². The normalized spacial score (nSPS) is 28.1. The minimum Gasteiger partial charge on any atom is -0.493 e. The van der Waals surface area contributed by atoms with E-state index in [0.717, 1.165) is 45.6 Å². The Balaban J connectivity index is 1.73. The second-order valence-electron chi connectivity index (χ2n) is 8.03. The van der Waals surface area contributed by atoms with Crippen LogP contribution in [0.3, 0.4) is 0 Å². The molecule has 2 aliphatic heterocycles. The van der Waals surface area contributed by atoms with Gasteiger partial charge in [0.2, 0.25) is 0 Å². The van der Waals surface area contributed by atoms with Crippen molar-refractivity contribution in [2.75, 3.05) is 13.2 Å². The van der Waals surface area contributed by atoms with Gasteiger partial charge in [0.05, 0.1) is 13.2 Å². The third-order valence-electron chi connectivity index (χ3n) is 6.19. The van der Waals surface area contributed by atoms with Crippen molar-refractivity contribution in [3.63, 3.8) is 0 Å². The van der Waals surface area contributed by atoms with E-state index in [4.69, 9.17) is 9.47 Å². The van der Waals surface area contributed by atoms with Gasteiger partial charge in [-0.1, -0.05) is 36.9 Å². The number of fused-ring (bicyclic) bond motifs is 1. The van der Waals surface area contributed by atoms with Gasteiger partial charge in [0.15, 0.2) is 0 Å². The van der Waals surface area contributed by atoms with Crippen molar-refractivity contribution in [2.24, 2.45) is 0 Å². The van der Waals surface area contributed by atoms with Crippen molar-refractivity contribution in [3.8, 4) is 5.75 Å². The van der Waals surface area contributed by atoms with Gasteiger partial charge in [-0.25, -0.2) is 0 Å². The summed E-state index contributed by atoms with van der Waals surface area (Å²) in [6, 6.07) is 10.1. The van der Waals surface area contributed by atoms with Crippen LogP contribution in [0.25, 0.3) is 6.08 Å². The zero-order valence-corrected chi connectivity index (χ0v) is 17.0. The molecule has 0 spiro atoms.